The van der Waals surface area contributed by atoms with Gasteiger partial charge >= 0.3 is 6.18 Å². The largest absolute Gasteiger partial charge is 0.416 e. The zero-order chi connectivity index (χ0) is 16.2. The molecule has 0 atom stereocenters. The smallest absolute Gasteiger partial charge is 0.355 e. The Morgan fingerprint density at radius 2 is 1.36 bits per heavy atom. The molecule has 0 saturated carbocycles. The minimum atomic E-state index is -4.32. The van der Waals surface area contributed by atoms with Crippen LogP contribution in [-0.4, -0.2) is 13.0 Å². The third-order valence-electron chi connectivity index (χ3n) is 3.11. The lowest BCUT2D eigenvalue weighted by molar-refractivity contribution is -0.137. The molecule has 0 aliphatic rings. The molecule has 0 unspecified atom stereocenters. The van der Waals surface area contributed by atoms with Crippen LogP contribution in [0, 0.1) is 0 Å². The zero-order valence-electron chi connectivity index (χ0n) is 11.8. The van der Waals surface area contributed by atoms with Crippen molar-refractivity contribution < 1.29 is 18.0 Å². The van der Waals surface area contributed by atoms with Crippen LogP contribution in [0.2, 0.25) is 0 Å². The van der Waals surface area contributed by atoms with E-state index in [2.05, 4.69) is 5.32 Å². The first-order valence-corrected chi connectivity index (χ1v) is 6.57. The summed E-state index contributed by atoms with van der Waals surface area (Å²) in [5, 5.41) is 2.53. The highest BCUT2D eigenvalue weighted by molar-refractivity contribution is 5.94. The number of alkyl halides is 3. The van der Waals surface area contributed by atoms with Crippen molar-refractivity contribution in [1.29, 1.82) is 0 Å². The van der Waals surface area contributed by atoms with Gasteiger partial charge in [-0.05, 0) is 35.4 Å². The maximum absolute atomic E-state index is 12.5. The lowest BCUT2D eigenvalue weighted by Crippen LogP contribution is -2.17. The number of carbonyl (C=O) groups excluding carboxylic acids is 1. The highest BCUT2D eigenvalue weighted by Gasteiger charge is 2.29. The van der Waals surface area contributed by atoms with Gasteiger partial charge in [0.25, 0.3) is 5.91 Å². The summed E-state index contributed by atoms with van der Waals surface area (Å²) in [7, 11) is 1.56. The lowest BCUT2D eigenvalue weighted by Gasteiger charge is -2.05. The van der Waals surface area contributed by atoms with E-state index in [0.717, 1.165) is 17.7 Å². The summed E-state index contributed by atoms with van der Waals surface area (Å²) in [6, 6.07) is 11.8. The summed E-state index contributed by atoms with van der Waals surface area (Å²) in [5.41, 5.74) is 1.41. The van der Waals surface area contributed by atoms with Gasteiger partial charge in [0.05, 0.1) is 5.56 Å². The second-order valence-electron chi connectivity index (χ2n) is 4.65. The summed E-state index contributed by atoms with van der Waals surface area (Å²) in [6.45, 7) is 0. The normalized spacial score (nSPS) is 11.6. The number of carbonyl (C=O) groups is 1. The lowest BCUT2D eigenvalue weighted by atomic mass is 10.1. The van der Waals surface area contributed by atoms with Crippen LogP contribution in [-0.2, 0) is 6.18 Å². The highest BCUT2D eigenvalue weighted by Crippen LogP contribution is 2.29. The SMILES string of the molecule is CNC(=O)c1ccc(/C=C/c2ccc(C(F)(F)F)cc2)cc1. The van der Waals surface area contributed by atoms with Crippen molar-refractivity contribution in [2.75, 3.05) is 7.05 Å². The molecular formula is C17H14F3NO. The van der Waals surface area contributed by atoms with Crippen LogP contribution >= 0.6 is 0 Å². The Balaban J connectivity index is 2.10. The number of amides is 1. The van der Waals surface area contributed by atoms with Gasteiger partial charge in [0.2, 0.25) is 0 Å². The van der Waals surface area contributed by atoms with E-state index >= 15 is 0 Å². The molecule has 2 rings (SSSR count). The molecule has 0 spiro atoms. The maximum atomic E-state index is 12.5. The summed E-state index contributed by atoms with van der Waals surface area (Å²) >= 11 is 0. The Morgan fingerprint density at radius 1 is 0.909 bits per heavy atom. The molecule has 2 nitrogen and oxygen atoms in total. The molecule has 5 heteroatoms. The van der Waals surface area contributed by atoms with Crippen LogP contribution in [0.25, 0.3) is 12.2 Å². The first-order chi connectivity index (χ1) is 10.4. The number of benzene rings is 2. The average molecular weight is 305 g/mol. The van der Waals surface area contributed by atoms with Crippen molar-refractivity contribution in [1.82, 2.24) is 5.32 Å². The van der Waals surface area contributed by atoms with E-state index in [1.165, 1.54) is 12.1 Å². The van der Waals surface area contributed by atoms with Gasteiger partial charge in [-0.3, -0.25) is 4.79 Å². The molecule has 0 heterocycles. The fraction of sp³-hybridized carbons (Fsp3) is 0.118. The number of rotatable bonds is 3. The van der Waals surface area contributed by atoms with Crippen molar-refractivity contribution in [2.45, 2.75) is 6.18 Å². The highest BCUT2D eigenvalue weighted by atomic mass is 19.4. The first kappa shape index (κ1) is 15.8. The van der Waals surface area contributed by atoms with Crippen LogP contribution in [0.1, 0.15) is 27.0 Å². The van der Waals surface area contributed by atoms with Crippen molar-refractivity contribution in [3.63, 3.8) is 0 Å². The second kappa shape index (κ2) is 6.47. The molecule has 0 bridgehead atoms. The minimum absolute atomic E-state index is 0.168. The predicted molar refractivity (Wildman–Crippen MR) is 80.2 cm³/mol. The van der Waals surface area contributed by atoms with Gasteiger partial charge in [0, 0.05) is 12.6 Å². The Morgan fingerprint density at radius 3 is 1.77 bits per heavy atom. The summed E-state index contributed by atoms with van der Waals surface area (Å²) in [5.74, 6) is -0.168. The van der Waals surface area contributed by atoms with Crippen LogP contribution in [0.4, 0.5) is 13.2 Å². The van der Waals surface area contributed by atoms with Gasteiger partial charge in [0.1, 0.15) is 0 Å². The summed E-state index contributed by atoms with van der Waals surface area (Å²) < 4.78 is 37.4. The fourth-order valence-electron chi connectivity index (χ4n) is 1.87. The molecule has 0 radical (unpaired) electrons. The van der Waals surface area contributed by atoms with Gasteiger partial charge in [-0.25, -0.2) is 0 Å². The van der Waals surface area contributed by atoms with Crippen LogP contribution in [0.5, 0.6) is 0 Å². The van der Waals surface area contributed by atoms with E-state index in [1.54, 1.807) is 43.5 Å². The number of hydrogen-bond donors (Lipinski definition) is 1. The van der Waals surface area contributed by atoms with Gasteiger partial charge in [-0.2, -0.15) is 13.2 Å². The van der Waals surface area contributed by atoms with E-state index < -0.39 is 11.7 Å². The monoisotopic (exact) mass is 305 g/mol. The predicted octanol–water partition coefficient (Wildman–Crippen LogP) is 4.24. The standard InChI is InChI=1S/C17H14F3NO/c1-21-16(22)14-8-4-12(5-9-14)2-3-13-6-10-15(11-7-13)17(18,19)20/h2-11H,1H3,(H,21,22)/b3-2+. The van der Waals surface area contributed by atoms with Gasteiger partial charge in [-0.1, -0.05) is 36.4 Å². The van der Waals surface area contributed by atoms with Crippen LogP contribution in [0.15, 0.2) is 48.5 Å². The van der Waals surface area contributed by atoms with Gasteiger partial charge in [0.15, 0.2) is 0 Å². The molecule has 1 N–H and O–H groups in total. The third kappa shape index (κ3) is 3.97. The number of hydrogen-bond acceptors (Lipinski definition) is 1. The Hall–Kier alpha value is -2.56. The molecule has 0 saturated heterocycles. The molecule has 22 heavy (non-hydrogen) atoms. The van der Waals surface area contributed by atoms with E-state index in [-0.39, 0.29) is 5.91 Å². The first-order valence-electron chi connectivity index (χ1n) is 6.57. The topological polar surface area (TPSA) is 29.1 Å². The van der Waals surface area contributed by atoms with Crippen molar-refractivity contribution >= 4 is 18.1 Å². The average Bonchev–Trinajstić information content (AvgIpc) is 2.52. The van der Waals surface area contributed by atoms with Gasteiger partial charge in [-0.15, -0.1) is 0 Å². The quantitative estimate of drug-likeness (QED) is 0.845. The summed E-state index contributed by atoms with van der Waals surface area (Å²) in [4.78, 5) is 11.4. The minimum Gasteiger partial charge on any atom is -0.355 e. The third-order valence-corrected chi connectivity index (χ3v) is 3.11. The van der Waals surface area contributed by atoms with Gasteiger partial charge < -0.3 is 5.32 Å². The van der Waals surface area contributed by atoms with Crippen LogP contribution in [0.3, 0.4) is 0 Å². The van der Waals surface area contributed by atoms with E-state index in [9.17, 15) is 18.0 Å². The fourth-order valence-corrected chi connectivity index (χ4v) is 1.87. The summed E-state index contributed by atoms with van der Waals surface area (Å²) in [6.07, 6.45) is -0.830. The zero-order valence-corrected chi connectivity index (χ0v) is 11.8. The molecule has 1 amide bonds. The molecule has 0 aliphatic heterocycles. The Labute approximate surface area is 126 Å². The number of halogens is 3. The van der Waals surface area contributed by atoms with Crippen LogP contribution < -0.4 is 5.32 Å². The van der Waals surface area contributed by atoms with Crippen molar-refractivity contribution in [2.24, 2.45) is 0 Å². The number of nitrogens with one attached hydrogen (secondary N) is 1. The Kier molecular flexibility index (Phi) is 4.65. The van der Waals surface area contributed by atoms with E-state index in [1.807, 2.05) is 0 Å². The molecule has 0 aliphatic carbocycles. The van der Waals surface area contributed by atoms with E-state index in [4.69, 9.17) is 0 Å². The molecule has 2 aromatic rings. The second-order valence-corrected chi connectivity index (χ2v) is 4.65. The Bertz CT molecular complexity index is 671. The van der Waals surface area contributed by atoms with E-state index in [0.29, 0.717) is 11.1 Å². The van der Waals surface area contributed by atoms with Crippen molar-refractivity contribution in [3.8, 4) is 0 Å². The molecule has 0 aromatic heterocycles. The molecule has 2 aromatic carbocycles. The molecular weight excluding hydrogens is 291 g/mol. The van der Waals surface area contributed by atoms with Crippen molar-refractivity contribution in [3.05, 3.63) is 70.8 Å². The maximum Gasteiger partial charge on any atom is 0.416 e. The molecule has 114 valence electrons. The molecule has 0 fully saturated rings.